The molecule has 0 aliphatic rings. The van der Waals surface area contributed by atoms with E-state index in [2.05, 4.69) is 46.7 Å². The number of carbonyl (C=O) groups excluding carboxylic acids is 1. The summed E-state index contributed by atoms with van der Waals surface area (Å²) in [5.41, 5.74) is 2.32. The van der Waals surface area contributed by atoms with E-state index in [1.165, 1.54) is 17.9 Å². The van der Waals surface area contributed by atoms with E-state index in [0.717, 1.165) is 11.9 Å². The van der Waals surface area contributed by atoms with Crippen molar-refractivity contribution < 1.29 is 4.79 Å². The van der Waals surface area contributed by atoms with Gasteiger partial charge < -0.3 is 10.3 Å². The van der Waals surface area contributed by atoms with Crippen molar-refractivity contribution in [2.75, 3.05) is 6.54 Å². The van der Waals surface area contributed by atoms with Gasteiger partial charge in [0, 0.05) is 25.2 Å². The van der Waals surface area contributed by atoms with Gasteiger partial charge in [-0.15, -0.1) is 0 Å². The smallest absolute Gasteiger partial charge is 0.216 e. The van der Waals surface area contributed by atoms with Crippen molar-refractivity contribution in [3.05, 3.63) is 42.1 Å². The maximum Gasteiger partial charge on any atom is 0.216 e. The van der Waals surface area contributed by atoms with E-state index < -0.39 is 0 Å². The Labute approximate surface area is 101 Å². The van der Waals surface area contributed by atoms with Gasteiger partial charge in [-0.1, -0.05) is 24.3 Å². The highest BCUT2D eigenvalue weighted by atomic mass is 16.1. The second-order valence-corrected chi connectivity index (χ2v) is 4.00. The number of aromatic amines is 1. The summed E-state index contributed by atoms with van der Waals surface area (Å²) in [6, 6.07) is 8.36. The minimum atomic E-state index is 0.0196. The molecule has 0 radical (unpaired) electrons. The summed E-state index contributed by atoms with van der Waals surface area (Å²) in [5.74, 6) is 0.0196. The molecular weight excluding hydrogens is 212 g/mol. The molecular formula is C14H16N2O. The summed E-state index contributed by atoms with van der Waals surface area (Å²) in [5, 5.41) is 3.98. The molecule has 0 bridgehead atoms. The fourth-order valence-electron chi connectivity index (χ4n) is 1.72. The first kappa shape index (κ1) is 11.5. The van der Waals surface area contributed by atoms with Gasteiger partial charge in [0.1, 0.15) is 0 Å². The molecule has 1 aromatic carbocycles. The summed E-state index contributed by atoms with van der Waals surface area (Å²) < 4.78 is 0. The Kier molecular flexibility index (Phi) is 3.60. The number of hydrogen-bond donors (Lipinski definition) is 2. The van der Waals surface area contributed by atoms with Crippen LogP contribution >= 0.6 is 0 Å². The van der Waals surface area contributed by atoms with Crippen molar-refractivity contribution in [2.24, 2.45) is 0 Å². The Bertz CT molecular complexity index is 540. The fraction of sp³-hybridized carbons (Fsp3) is 0.214. The zero-order valence-corrected chi connectivity index (χ0v) is 9.86. The van der Waals surface area contributed by atoms with Crippen LogP contribution in [-0.4, -0.2) is 17.4 Å². The van der Waals surface area contributed by atoms with Crippen LogP contribution in [-0.2, 0) is 4.79 Å². The third kappa shape index (κ3) is 3.21. The molecule has 0 unspecified atom stereocenters. The lowest BCUT2D eigenvalue weighted by atomic mass is 10.1. The molecule has 0 fully saturated rings. The SMILES string of the molecule is CC(=O)NCCC=Cc1ccc2cc[nH]c2c1. The van der Waals surface area contributed by atoms with Crippen molar-refractivity contribution in [3.8, 4) is 0 Å². The van der Waals surface area contributed by atoms with E-state index in [-0.39, 0.29) is 5.91 Å². The number of carbonyl (C=O) groups is 1. The zero-order valence-electron chi connectivity index (χ0n) is 9.86. The Morgan fingerprint density at radius 1 is 1.41 bits per heavy atom. The van der Waals surface area contributed by atoms with Gasteiger partial charge in [-0.25, -0.2) is 0 Å². The summed E-state index contributed by atoms with van der Waals surface area (Å²) in [7, 11) is 0. The van der Waals surface area contributed by atoms with Gasteiger partial charge in [0.25, 0.3) is 0 Å². The van der Waals surface area contributed by atoms with Crippen LogP contribution in [0.3, 0.4) is 0 Å². The predicted molar refractivity (Wildman–Crippen MR) is 70.6 cm³/mol. The van der Waals surface area contributed by atoms with Crippen LogP contribution in [0.5, 0.6) is 0 Å². The highest BCUT2D eigenvalue weighted by Gasteiger charge is 1.94. The normalized spacial score (nSPS) is 11.1. The molecule has 0 spiro atoms. The van der Waals surface area contributed by atoms with Crippen LogP contribution in [0.4, 0.5) is 0 Å². The zero-order chi connectivity index (χ0) is 12.1. The van der Waals surface area contributed by atoms with E-state index in [9.17, 15) is 4.79 Å². The maximum atomic E-state index is 10.7. The van der Waals surface area contributed by atoms with Crippen molar-refractivity contribution in [1.82, 2.24) is 10.3 Å². The van der Waals surface area contributed by atoms with Gasteiger partial charge in [-0.3, -0.25) is 4.79 Å². The average molecular weight is 228 g/mol. The van der Waals surface area contributed by atoms with Crippen LogP contribution < -0.4 is 5.32 Å². The first-order valence-electron chi connectivity index (χ1n) is 5.74. The van der Waals surface area contributed by atoms with Crippen molar-refractivity contribution in [1.29, 1.82) is 0 Å². The third-order valence-electron chi connectivity index (χ3n) is 2.57. The standard InChI is InChI=1S/C14H16N2O/c1-11(17)15-8-3-2-4-12-5-6-13-7-9-16-14(13)10-12/h2,4-7,9-10,16H,3,8H2,1H3,(H,15,17). The Morgan fingerprint density at radius 3 is 3.12 bits per heavy atom. The molecule has 0 atom stereocenters. The van der Waals surface area contributed by atoms with Crippen LogP contribution in [0.2, 0.25) is 0 Å². The molecule has 1 amide bonds. The topological polar surface area (TPSA) is 44.9 Å². The van der Waals surface area contributed by atoms with Crippen LogP contribution in [0.1, 0.15) is 18.9 Å². The molecule has 1 heterocycles. The number of nitrogens with one attached hydrogen (secondary N) is 2. The predicted octanol–water partition coefficient (Wildman–Crippen LogP) is 2.71. The second kappa shape index (κ2) is 5.34. The lowest BCUT2D eigenvalue weighted by Gasteiger charge is -1.97. The summed E-state index contributed by atoms with van der Waals surface area (Å²) in [6.07, 6.45) is 6.93. The molecule has 1 aromatic heterocycles. The highest BCUT2D eigenvalue weighted by molar-refractivity contribution is 5.81. The number of aromatic nitrogens is 1. The van der Waals surface area contributed by atoms with Crippen LogP contribution in [0.15, 0.2) is 36.5 Å². The van der Waals surface area contributed by atoms with Crippen molar-refractivity contribution in [3.63, 3.8) is 0 Å². The molecule has 17 heavy (non-hydrogen) atoms. The monoisotopic (exact) mass is 228 g/mol. The lowest BCUT2D eigenvalue weighted by Crippen LogP contribution is -2.20. The van der Waals surface area contributed by atoms with E-state index >= 15 is 0 Å². The minimum Gasteiger partial charge on any atom is -0.361 e. The van der Waals surface area contributed by atoms with Gasteiger partial charge >= 0.3 is 0 Å². The molecule has 3 heteroatoms. The van der Waals surface area contributed by atoms with Gasteiger partial charge in [0.05, 0.1) is 0 Å². The minimum absolute atomic E-state index is 0.0196. The summed E-state index contributed by atoms with van der Waals surface area (Å²) >= 11 is 0. The number of benzene rings is 1. The molecule has 3 nitrogen and oxygen atoms in total. The van der Waals surface area contributed by atoms with Crippen LogP contribution in [0, 0.1) is 0 Å². The van der Waals surface area contributed by atoms with E-state index in [0.29, 0.717) is 6.54 Å². The third-order valence-corrected chi connectivity index (χ3v) is 2.57. The van der Waals surface area contributed by atoms with Gasteiger partial charge in [0.15, 0.2) is 0 Å². The number of H-pyrrole nitrogens is 1. The maximum absolute atomic E-state index is 10.7. The molecule has 0 saturated heterocycles. The van der Waals surface area contributed by atoms with Gasteiger partial charge in [0.2, 0.25) is 5.91 Å². The molecule has 0 aliphatic heterocycles. The molecule has 2 aromatic rings. The largest absolute Gasteiger partial charge is 0.361 e. The number of rotatable bonds is 4. The van der Waals surface area contributed by atoms with E-state index in [1.54, 1.807) is 0 Å². The number of amides is 1. The molecule has 2 N–H and O–H groups in total. The van der Waals surface area contributed by atoms with Crippen molar-refractivity contribution >= 4 is 22.9 Å². The quantitative estimate of drug-likeness (QED) is 0.776. The van der Waals surface area contributed by atoms with Gasteiger partial charge in [-0.05, 0) is 29.5 Å². The summed E-state index contributed by atoms with van der Waals surface area (Å²) in [4.78, 5) is 13.8. The average Bonchev–Trinajstić information content (AvgIpc) is 2.75. The Balaban J connectivity index is 1.93. The first-order chi connectivity index (χ1) is 8.25. The molecule has 88 valence electrons. The fourth-order valence-corrected chi connectivity index (χ4v) is 1.72. The number of fused-ring (bicyclic) bond motifs is 1. The lowest BCUT2D eigenvalue weighted by molar-refractivity contribution is -0.118. The van der Waals surface area contributed by atoms with E-state index in [4.69, 9.17) is 0 Å². The van der Waals surface area contributed by atoms with E-state index in [1.807, 2.05) is 6.20 Å². The first-order valence-corrected chi connectivity index (χ1v) is 5.74. The Morgan fingerprint density at radius 2 is 2.29 bits per heavy atom. The molecule has 0 aliphatic carbocycles. The Hall–Kier alpha value is -2.03. The number of hydrogen-bond acceptors (Lipinski definition) is 1. The highest BCUT2D eigenvalue weighted by Crippen LogP contribution is 2.15. The molecule has 2 rings (SSSR count). The second-order valence-electron chi connectivity index (χ2n) is 4.00. The van der Waals surface area contributed by atoms with Gasteiger partial charge in [-0.2, -0.15) is 0 Å². The summed E-state index contributed by atoms with van der Waals surface area (Å²) in [6.45, 7) is 2.22. The van der Waals surface area contributed by atoms with Crippen molar-refractivity contribution in [2.45, 2.75) is 13.3 Å². The molecule has 0 saturated carbocycles. The van der Waals surface area contributed by atoms with Crippen LogP contribution in [0.25, 0.3) is 17.0 Å².